The van der Waals surface area contributed by atoms with Crippen molar-refractivity contribution in [2.45, 2.75) is 25.5 Å². The summed E-state index contributed by atoms with van der Waals surface area (Å²) < 4.78 is 11.2. The minimum Gasteiger partial charge on any atom is -0.493 e. The molecule has 1 fully saturated rings. The molecule has 0 bridgehead atoms. The van der Waals surface area contributed by atoms with Crippen LogP contribution in [-0.4, -0.2) is 39.0 Å². The molecule has 0 aliphatic carbocycles. The second-order valence-corrected chi connectivity index (χ2v) is 5.20. The van der Waals surface area contributed by atoms with Crippen molar-refractivity contribution in [2.75, 3.05) is 32.8 Å². The van der Waals surface area contributed by atoms with Gasteiger partial charge in [0.15, 0.2) is 0 Å². The SMILES string of the molecule is c1cc2c(cc1CNCCC1CNCCO1)CCO2. The van der Waals surface area contributed by atoms with E-state index in [4.69, 9.17) is 9.47 Å². The Kier molecular flexibility index (Phi) is 4.33. The predicted molar refractivity (Wildman–Crippen MR) is 74.6 cm³/mol. The molecular formula is C15H22N2O2. The minimum absolute atomic E-state index is 0.370. The average Bonchev–Trinajstić information content (AvgIpc) is 2.92. The highest BCUT2D eigenvalue weighted by atomic mass is 16.5. The molecule has 4 nitrogen and oxygen atoms in total. The lowest BCUT2D eigenvalue weighted by atomic mass is 10.1. The van der Waals surface area contributed by atoms with Crippen LogP contribution >= 0.6 is 0 Å². The first-order valence-corrected chi connectivity index (χ1v) is 7.19. The quantitative estimate of drug-likeness (QED) is 0.780. The maximum absolute atomic E-state index is 5.67. The van der Waals surface area contributed by atoms with E-state index >= 15 is 0 Å². The molecule has 1 saturated heterocycles. The summed E-state index contributed by atoms with van der Waals surface area (Å²) in [5.74, 6) is 1.06. The normalized spacial score (nSPS) is 22.0. The van der Waals surface area contributed by atoms with Gasteiger partial charge in [0.1, 0.15) is 5.75 Å². The Morgan fingerprint density at radius 2 is 2.32 bits per heavy atom. The van der Waals surface area contributed by atoms with Gasteiger partial charge in [-0.25, -0.2) is 0 Å². The molecule has 2 N–H and O–H groups in total. The van der Waals surface area contributed by atoms with Crippen LogP contribution in [0.2, 0.25) is 0 Å². The van der Waals surface area contributed by atoms with Gasteiger partial charge in [-0.3, -0.25) is 0 Å². The van der Waals surface area contributed by atoms with Crippen LogP contribution < -0.4 is 15.4 Å². The summed E-state index contributed by atoms with van der Waals surface area (Å²) >= 11 is 0. The van der Waals surface area contributed by atoms with E-state index in [-0.39, 0.29) is 0 Å². The van der Waals surface area contributed by atoms with Gasteiger partial charge in [0.05, 0.1) is 19.3 Å². The van der Waals surface area contributed by atoms with Crippen LogP contribution in [-0.2, 0) is 17.7 Å². The van der Waals surface area contributed by atoms with Crippen LogP contribution in [0.5, 0.6) is 5.75 Å². The van der Waals surface area contributed by atoms with Crippen molar-refractivity contribution in [1.82, 2.24) is 10.6 Å². The van der Waals surface area contributed by atoms with Crippen molar-refractivity contribution in [3.63, 3.8) is 0 Å². The summed E-state index contributed by atoms with van der Waals surface area (Å²) in [7, 11) is 0. The summed E-state index contributed by atoms with van der Waals surface area (Å²) in [6.07, 6.45) is 2.49. The lowest BCUT2D eigenvalue weighted by molar-refractivity contribution is 0.0238. The van der Waals surface area contributed by atoms with Gasteiger partial charge >= 0.3 is 0 Å². The topological polar surface area (TPSA) is 42.5 Å². The lowest BCUT2D eigenvalue weighted by Crippen LogP contribution is -2.39. The molecule has 2 heterocycles. The molecular weight excluding hydrogens is 240 g/mol. The zero-order valence-electron chi connectivity index (χ0n) is 11.3. The molecule has 1 unspecified atom stereocenters. The summed E-state index contributed by atoms with van der Waals surface area (Å²) in [4.78, 5) is 0. The Morgan fingerprint density at radius 1 is 1.32 bits per heavy atom. The molecule has 104 valence electrons. The van der Waals surface area contributed by atoms with Crippen LogP contribution in [0.3, 0.4) is 0 Å². The molecule has 1 aromatic rings. The fraction of sp³-hybridized carbons (Fsp3) is 0.600. The Bertz CT molecular complexity index is 417. The van der Waals surface area contributed by atoms with Crippen molar-refractivity contribution < 1.29 is 9.47 Å². The van der Waals surface area contributed by atoms with Crippen molar-refractivity contribution in [3.05, 3.63) is 29.3 Å². The first kappa shape index (κ1) is 12.9. The Hall–Kier alpha value is -1.10. The molecule has 3 rings (SSSR count). The molecule has 1 aromatic carbocycles. The van der Waals surface area contributed by atoms with E-state index in [1.807, 2.05) is 0 Å². The van der Waals surface area contributed by atoms with Crippen LogP contribution in [0.4, 0.5) is 0 Å². The van der Waals surface area contributed by atoms with Gasteiger partial charge in [-0.05, 0) is 30.2 Å². The average molecular weight is 262 g/mol. The molecule has 0 saturated carbocycles. The van der Waals surface area contributed by atoms with Crippen molar-refractivity contribution in [2.24, 2.45) is 0 Å². The zero-order valence-corrected chi connectivity index (χ0v) is 11.3. The smallest absolute Gasteiger partial charge is 0.122 e. The number of ether oxygens (including phenoxy) is 2. The van der Waals surface area contributed by atoms with Gasteiger partial charge in [-0.1, -0.05) is 12.1 Å². The predicted octanol–water partition coefficient (Wildman–Crippen LogP) is 1.09. The lowest BCUT2D eigenvalue weighted by Gasteiger charge is -2.23. The Morgan fingerprint density at radius 3 is 3.21 bits per heavy atom. The molecule has 4 heteroatoms. The molecule has 2 aliphatic rings. The third-order valence-corrected chi connectivity index (χ3v) is 3.73. The van der Waals surface area contributed by atoms with Gasteiger partial charge in [0, 0.05) is 26.1 Å². The summed E-state index contributed by atoms with van der Waals surface area (Å²) in [5, 5.41) is 6.85. The van der Waals surface area contributed by atoms with E-state index in [1.165, 1.54) is 11.1 Å². The second kappa shape index (κ2) is 6.37. The van der Waals surface area contributed by atoms with Crippen LogP contribution in [0, 0.1) is 0 Å². The van der Waals surface area contributed by atoms with E-state index in [1.54, 1.807) is 0 Å². The molecule has 0 amide bonds. The van der Waals surface area contributed by atoms with E-state index in [2.05, 4.69) is 28.8 Å². The fourth-order valence-electron chi connectivity index (χ4n) is 2.65. The number of morpholine rings is 1. The number of benzene rings is 1. The van der Waals surface area contributed by atoms with E-state index in [0.717, 1.165) is 58.0 Å². The number of rotatable bonds is 5. The summed E-state index contributed by atoms with van der Waals surface area (Å²) in [5.41, 5.74) is 2.69. The molecule has 1 atom stereocenters. The third kappa shape index (κ3) is 3.47. The first-order chi connectivity index (χ1) is 9.42. The largest absolute Gasteiger partial charge is 0.493 e. The minimum atomic E-state index is 0.370. The Balaban J connectivity index is 1.40. The maximum Gasteiger partial charge on any atom is 0.122 e. The highest BCUT2D eigenvalue weighted by molar-refractivity contribution is 5.39. The van der Waals surface area contributed by atoms with Crippen molar-refractivity contribution in [1.29, 1.82) is 0 Å². The van der Waals surface area contributed by atoms with Gasteiger partial charge in [-0.15, -0.1) is 0 Å². The monoisotopic (exact) mass is 262 g/mol. The highest BCUT2D eigenvalue weighted by Crippen LogP contribution is 2.25. The molecule has 2 aliphatic heterocycles. The fourth-order valence-corrected chi connectivity index (χ4v) is 2.65. The van der Waals surface area contributed by atoms with Gasteiger partial charge < -0.3 is 20.1 Å². The van der Waals surface area contributed by atoms with E-state index in [9.17, 15) is 0 Å². The highest BCUT2D eigenvalue weighted by Gasteiger charge is 2.13. The first-order valence-electron chi connectivity index (χ1n) is 7.19. The van der Waals surface area contributed by atoms with Crippen molar-refractivity contribution in [3.8, 4) is 5.75 Å². The zero-order chi connectivity index (χ0) is 12.9. The number of fused-ring (bicyclic) bond motifs is 1. The van der Waals surface area contributed by atoms with E-state index in [0.29, 0.717) is 6.10 Å². The Labute approximate surface area is 114 Å². The molecule has 0 radical (unpaired) electrons. The standard InChI is InChI=1S/C15H22N2O2/c1-2-15-13(4-7-19-15)9-12(1)10-16-5-3-14-11-17-6-8-18-14/h1-2,9,14,16-17H,3-8,10-11H2. The van der Waals surface area contributed by atoms with Crippen molar-refractivity contribution >= 4 is 0 Å². The second-order valence-electron chi connectivity index (χ2n) is 5.20. The van der Waals surface area contributed by atoms with Crippen LogP contribution in [0.1, 0.15) is 17.5 Å². The number of nitrogens with one attached hydrogen (secondary N) is 2. The molecule has 0 aromatic heterocycles. The molecule has 19 heavy (non-hydrogen) atoms. The van der Waals surface area contributed by atoms with Crippen LogP contribution in [0.15, 0.2) is 18.2 Å². The summed E-state index contributed by atoms with van der Waals surface area (Å²) in [6, 6.07) is 6.50. The molecule has 0 spiro atoms. The van der Waals surface area contributed by atoms with Gasteiger partial charge in [-0.2, -0.15) is 0 Å². The van der Waals surface area contributed by atoms with Gasteiger partial charge in [0.2, 0.25) is 0 Å². The number of hydrogen-bond acceptors (Lipinski definition) is 4. The third-order valence-electron chi connectivity index (χ3n) is 3.73. The van der Waals surface area contributed by atoms with Gasteiger partial charge in [0.25, 0.3) is 0 Å². The number of hydrogen-bond donors (Lipinski definition) is 2. The van der Waals surface area contributed by atoms with Crippen LogP contribution in [0.25, 0.3) is 0 Å². The van der Waals surface area contributed by atoms with E-state index < -0.39 is 0 Å². The summed E-state index contributed by atoms with van der Waals surface area (Å²) in [6.45, 7) is 5.57. The maximum atomic E-state index is 5.67.